The summed E-state index contributed by atoms with van der Waals surface area (Å²) in [7, 11) is 0. The molecule has 0 radical (unpaired) electrons. The number of carbonyl (C=O) groups excluding carboxylic acids is 2. The van der Waals surface area contributed by atoms with Gasteiger partial charge >= 0.3 is 0 Å². The summed E-state index contributed by atoms with van der Waals surface area (Å²) in [6, 6.07) is 14.6. The van der Waals surface area contributed by atoms with E-state index in [1.165, 1.54) is 31.2 Å². The third-order valence-corrected chi connectivity index (χ3v) is 3.18. The molecule has 0 saturated carbocycles. The molecule has 0 aliphatic carbocycles. The number of para-hydroxylation sites is 1. The van der Waals surface area contributed by atoms with E-state index in [-0.39, 0.29) is 17.6 Å². The Labute approximate surface area is 128 Å². The van der Waals surface area contributed by atoms with Gasteiger partial charge in [-0.25, -0.2) is 4.39 Å². The largest absolute Gasteiger partial charge is 0.350 e. The van der Waals surface area contributed by atoms with Crippen molar-refractivity contribution >= 4 is 17.5 Å². The Bertz CT molecular complexity index is 641. The van der Waals surface area contributed by atoms with Crippen molar-refractivity contribution in [3.8, 4) is 0 Å². The Morgan fingerprint density at radius 1 is 1.05 bits per heavy atom. The number of nitrogens with zero attached hydrogens (tertiary/aromatic N) is 1. The van der Waals surface area contributed by atoms with Crippen LogP contribution in [0.25, 0.3) is 0 Å². The van der Waals surface area contributed by atoms with Gasteiger partial charge in [0.05, 0.1) is 0 Å². The molecule has 2 amide bonds. The van der Waals surface area contributed by atoms with E-state index in [9.17, 15) is 14.0 Å². The first-order valence-corrected chi connectivity index (χ1v) is 6.95. The predicted molar refractivity (Wildman–Crippen MR) is 83.2 cm³/mol. The second-order valence-electron chi connectivity index (χ2n) is 4.77. The topological polar surface area (TPSA) is 49.4 Å². The zero-order chi connectivity index (χ0) is 15.9. The SMILES string of the molecule is CC(=O)N(CCNC(=O)c1ccc(F)cc1)c1ccccc1. The van der Waals surface area contributed by atoms with Gasteiger partial charge in [-0.15, -0.1) is 0 Å². The fourth-order valence-electron chi connectivity index (χ4n) is 2.06. The molecule has 0 bridgehead atoms. The lowest BCUT2D eigenvalue weighted by Gasteiger charge is -2.21. The molecule has 0 aliphatic rings. The normalized spacial score (nSPS) is 10.1. The summed E-state index contributed by atoms with van der Waals surface area (Å²) in [6.07, 6.45) is 0. The first-order valence-electron chi connectivity index (χ1n) is 6.95. The van der Waals surface area contributed by atoms with Gasteiger partial charge in [-0.2, -0.15) is 0 Å². The van der Waals surface area contributed by atoms with Crippen molar-refractivity contribution in [2.24, 2.45) is 0 Å². The summed E-state index contributed by atoms with van der Waals surface area (Å²) in [4.78, 5) is 25.2. The number of rotatable bonds is 5. The third kappa shape index (κ3) is 4.15. The highest BCUT2D eigenvalue weighted by Gasteiger charge is 2.11. The Morgan fingerprint density at radius 2 is 1.68 bits per heavy atom. The van der Waals surface area contributed by atoms with Gasteiger partial charge in [0.1, 0.15) is 5.82 Å². The number of carbonyl (C=O) groups is 2. The molecule has 1 N–H and O–H groups in total. The molecule has 2 aromatic carbocycles. The third-order valence-electron chi connectivity index (χ3n) is 3.18. The van der Waals surface area contributed by atoms with E-state index in [4.69, 9.17) is 0 Å². The molecule has 0 unspecified atom stereocenters. The molecule has 2 rings (SSSR count). The van der Waals surface area contributed by atoms with Crippen molar-refractivity contribution in [3.05, 3.63) is 66.0 Å². The number of benzene rings is 2. The molecule has 22 heavy (non-hydrogen) atoms. The second kappa shape index (κ2) is 7.36. The highest BCUT2D eigenvalue weighted by molar-refractivity contribution is 5.94. The highest BCUT2D eigenvalue weighted by Crippen LogP contribution is 2.12. The monoisotopic (exact) mass is 300 g/mol. The van der Waals surface area contributed by atoms with E-state index in [0.717, 1.165) is 5.69 Å². The van der Waals surface area contributed by atoms with Gasteiger partial charge in [-0.3, -0.25) is 9.59 Å². The summed E-state index contributed by atoms with van der Waals surface area (Å²) in [6.45, 7) is 2.16. The zero-order valence-electron chi connectivity index (χ0n) is 12.3. The van der Waals surface area contributed by atoms with Crippen molar-refractivity contribution in [2.45, 2.75) is 6.92 Å². The van der Waals surface area contributed by atoms with Crippen molar-refractivity contribution in [2.75, 3.05) is 18.0 Å². The van der Waals surface area contributed by atoms with Gasteiger partial charge in [-0.05, 0) is 36.4 Å². The van der Waals surface area contributed by atoms with Crippen LogP contribution in [0.2, 0.25) is 0 Å². The van der Waals surface area contributed by atoms with Crippen molar-refractivity contribution in [3.63, 3.8) is 0 Å². The Kier molecular flexibility index (Phi) is 5.25. The van der Waals surface area contributed by atoms with E-state index in [0.29, 0.717) is 18.7 Å². The lowest BCUT2D eigenvalue weighted by molar-refractivity contribution is -0.116. The molecule has 0 saturated heterocycles. The zero-order valence-corrected chi connectivity index (χ0v) is 12.3. The average molecular weight is 300 g/mol. The van der Waals surface area contributed by atoms with Crippen molar-refractivity contribution in [1.82, 2.24) is 5.32 Å². The molecule has 2 aromatic rings. The van der Waals surface area contributed by atoms with E-state index in [1.54, 1.807) is 4.90 Å². The van der Waals surface area contributed by atoms with Crippen LogP contribution in [-0.4, -0.2) is 24.9 Å². The van der Waals surface area contributed by atoms with Crippen LogP contribution in [0, 0.1) is 5.82 Å². The molecular formula is C17H17FN2O2. The molecule has 0 atom stereocenters. The summed E-state index contributed by atoms with van der Waals surface area (Å²) < 4.78 is 12.8. The number of hydrogen-bond acceptors (Lipinski definition) is 2. The number of nitrogens with one attached hydrogen (secondary N) is 1. The quantitative estimate of drug-likeness (QED) is 0.922. The van der Waals surface area contributed by atoms with Crippen LogP contribution in [0.1, 0.15) is 17.3 Å². The summed E-state index contributed by atoms with van der Waals surface area (Å²) >= 11 is 0. The van der Waals surface area contributed by atoms with Gasteiger partial charge < -0.3 is 10.2 Å². The summed E-state index contributed by atoms with van der Waals surface area (Å²) in [5.41, 5.74) is 1.17. The number of anilines is 1. The molecule has 5 heteroatoms. The van der Waals surface area contributed by atoms with Gasteiger partial charge in [0, 0.05) is 31.3 Å². The average Bonchev–Trinajstić information content (AvgIpc) is 2.52. The molecule has 0 aliphatic heterocycles. The van der Waals surface area contributed by atoms with Gasteiger partial charge in [0.25, 0.3) is 5.91 Å². The molecule has 0 spiro atoms. The van der Waals surface area contributed by atoms with Crippen LogP contribution in [0.5, 0.6) is 0 Å². The van der Waals surface area contributed by atoms with Crippen molar-refractivity contribution in [1.29, 1.82) is 0 Å². The maximum atomic E-state index is 12.8. The van der Waals surface area contributed by atoms with E-state index >= 15 is 0 Å². The molecule has 114 valence electrons. The molecule has 0 aromatic heterocycles. The fraction of sp³-hybridized carbons (Fsp3) is 0.176. The van der Waals surface area contributed by atoms with E-state index < -0.39 is 0 Å². The summed E-state index contributed by atoms with van der Waals surface area (Å²) in [5, 5.41) is 2.72. The standard InChI is InChI=1S/C17H17FN2O2/c1-13(21)20(16-5-3-2-4-6-16)12-11-19-17(22)14-7-9-15(18)10-8-14/h2-10H,11-12H2,1H3,(H,19,22). The van der Waals surface area contributed by atoms with E-state index in [1.807, 2.05) is 30.3 Å². The minimum atomic E-state index is -0.386. The number of amides is 2. The van der Waals surface area contributed by atoms with Gasteiger partial charge in [-0.1, -0.05) is 18.2 Å². The molecule has 4 nitrogen and oxygen atoms in total. The van der Waals surface area contributed by atoms with E-state index in [2.05, 4.69) is 5.32 Å². The Morgan fingerprint density at radius 3 is 2.27 bits per heavy atom. The lowest BCUT2D eigenvalue weighted by atomic mass is 10.2. The number of halogens is 1. The fourth-order valence-corrected chi connectivity index (χ4v) is 2.06. The van der Waals surface area contributed by atoms with Crippen LogP contribution < -0.4 is 10.2 Å². The smallest absolute Gasteiger partial charge is 0.251 e. The molecule has 0 heterocycles. The summed E-state index contributed by atoms with van der Waals surface area (Å²) in [5.74, 6) is -0.776. The van der Waals surface area contributed by atoms with Crippen LogP contribution in [0.4, 0.5) is 10.1 Å². The Hall–Kier alpha value is -2.69. The first kappa shape index (κ1) is 15.7. The molecular weight excluding hydrogens is 283 g/mol. The minimum Gasteiger partial charge on any atom is -0.350 e. The van der Waals surface area contributed by atoms with Crippen LogP contribution in [-0.2, 0) is 4.79 Å². The van der Waals surface area contributed by atoms with Crippen LogP contribution in [0.3, 0.4) is 0 Å². The first-order chi connectivity index (χ1) is 10.6. The highest BCUT2D eigenvalue weighted by atomic mass is 19.1. The van der Waals surface area contributed by atoms with Crippen LogP contribution in [0.15, 0.2) is 54.6 Å². The number of hydrogen-bond donors (Lipinski definition) is 1. The van der Waals surface area contributed by atoms with Crippen molar-refractivity contribution < 1.29 is 14.0 Å². The van der Waals surface area contributed by atoms with Crippen LogP contribution >= 0.6 is 0 Å². The van der Waals surface area contributed by atoms with Gasteiger partial charge in [0.2, 0.25) is 5.91 Å². The minimum absolute atomic E-state index is 0.0952. The lowest BCUT2D eigenvalue weighted by Crippen LogP contribution is -2.37. The molecule has 0 fully saturated rings. The second-order valence-corrected chi connectivity index (χ2v) is 4.77. The predicted octanol–water partition coefficient (Wildman–Crippen LogP) is 2.61. The maximum Gasteiger partial charge on any atom is 0.251 e. The van der Waals surface area contributed by atoms with Gasteiger partial charge in [0.15, 0.2) is 0 Å². The maximum absolute atomic E-state index is 12.8. The Balaban J connectivity index is 1.92.